The van der Waals surface area contributed by atoms with Crippen molar-refractivity contribution in [2.75, 3.05) is 23.4 Å². The van der Waals surface area contributed by atoms with Crippen LogP contribution in [0.1, 0.15) is 18.9 Å². The lowest BCUT2D eigenvalue weighted by atomic mass is 10.2. The van der Waals surface area contributed by atoms with Crippen molar-refractivity contribution in [1.29, 1.82) is 0 Å². The summed E-state index contributed by atoms with van der Waals surface area (Å²) < 4.78 is 13.1. The van der Waals surface area contributed by atoms with Gasteiger partial charge < -0.3 is 10.6 Å². The minimum Gasteiger partial charge on any atom is -0.370 e. The highest BCUT2D eigenvalue weighted by Gasteiger charge is 2.06. The Bertz CT molecular complexity index is 619. The second kappa shape index (κ2) is 7.26. The molecule has 0 atom stereocenters. The van der Waals surface area contributed by atoms with Crippen LogP contribution in [0.4, 0.5) is 21.7 Å². The first-order valence-electron chi connectivity index (χ1n) is 6.82. The van der Waals surface area contributed by atoms with Crippen molar-refractivity contribution in [3.63, 3.8) is 0 Å². The maximum absolute atomic E-state index is 13.1. The number of rotatable bonds is 6. The average Bonchev–Trinajstić information content (AvgIpc) is 2.48. The van der Waals surface area contributed by atoms with Gasteiger partial charge in [-0.25, -0.2) is 14.4 Å². The largest absolute Gasteiger partial charge is 0.370 e. The van der Waals surface area contributed by atoms with Gasteiger partial charge in [-0.1, -0.05) is 18.7 Å². The molecule has 0 amide bonds. The van der Waals surface area contributed by atoms with Gasteiger partial charge in [0.2, 0.25) is 0 Å². The summed E-state index contributed by atoms with van der Waals surface area (Å²) in [5.74, 6) is 1.25. The highest BCUT2D eigenvalue weighted by molar-refractivity contribution is 7.98. The molecule has 1 aromatic heterocycles. The van der Waals surface area contributed by atoms with Gasteiger partial charge in [0.05, 0.1) is 0 Å². The first-order chi connectivity index (χ1) is 10.1. The summed E-state index contributed by atoms with van der Waals surface area (Å²) in [6, 6.07) is 6.50. The maximum Gasteiger partial charge on any atom is 0.191 e. The fraction of sp³-hybridized carbons (Fsp3) is 0.333. The standard InChI is InChI=1S/C15H19FN4S/c1-4-7-17-13-9-14(20-15(19-13)21-3)18-12-6-5-11(16)8-10(12)2/h5-6,8-9H,4,7H2,1-3H3,(H2,17,18,19,20). The Morgan fingerprint density at radius 3 is 2.62 bits per heavy atom. The van der Waals surface area contributed by atoms with Gasteiger partial charge in [-0.15, -0.1) is 0 Å². The molecule has 0 aliphatic carbocycles. The smallest absolute Gasteiger partial charge is 0.191 e. The van der Waals surface area contributed by atoms with Crippen LogP contribution < -0.4 is 10.6 Å². The fourth-order valence-corrected chi connectivity index (χ4v) is 2.21. The van der Waals surface area contributed by atoms with Crippen LogP contribution >= 0.6 is 11.8 Å². The number of hydrogen-bond acceptors (Lipinski definition) is 5. The van der Waals surface area contributed by atoms with Gasteiger partial charge in [0.15, 0.2) is 5.16 Å². The second-order valence-electron chi connectivity index (χ2n) is 4.64. The van der Waals surface area contributed by atoms with E-state index in [2.05, 4.69) is 27.5 Å². The molecule has 4 nitrogen and oxygen atoms in total. The van der Waals surface area contributed by atoms with Crippen LogP contribution in [0.3, 0.4) is 0 Å². The van der Waals surface area contributed by atoms with Gasteiger partial charge in [0, 0.05) is 18.3 Å². The molecule has 2 N–H and O–H groups in total. The normalized spacial score (nSPS) is 10.5. The number of anilines is 3. The highest BCUT2D eigenvalue weighted by Crippen LogP contribution is 2.23. The molecule has 1 heterocycles. The van der Waals surface area contributed by atoms with Crippen molar-refractivity contribution < 1.29 is 4.39 Å². The minimum absolute atomic E-state index is 0.240. The number of benzene rings is 1. The summed E-state index contributed by atoms with van der Waals surface area (Å²) in [5, 5.41) is 7.17. The van der Waals surface area contributed by atoms with Gasteiger partial charge in [-0.05, 0) is 43.4 Å². The molecular weight excluding hydrogens is 287 g/mol. The molecule has 0 saturated carbocycles. The molecule has 6 heteroatoms. The second-order valence-corrected chi connectivity index (χ2v) is 5.41. The van der Waals surface area contributed by atoms with Crippen molar-refractivity contribution in [3.05, 3.63) is 35.6 Å². The van der Waals surface area contributed by atoms with Crippen LogP contribution in [0, 0.1) is 12.7 Å². The Balaban J connectivity index is 2.25. The number of hydrogen-bond donors (Lipinski definition) is 2. The van der Waals surface area contributed by atoms with E-state index in [1.807, 2.05) is 19.2 Å². The summed E-state index contributed by atoms with van der Waals surface area (Å²) >= 11 is 1.49. The van der Waals surface area contributed by atoms with E-state index in [-0.39, 0.29) is 5.82 Å². The van der Waals surface area contributed by atoms with Crippen LogP contribution in [0.15, 0.2) is 29.4 Å². The van der Waals surface area contributed by atoms with E-state index in [1.165, 1.54) is 23.9 Å². The molecule has 1 aromatic carbocycles. The zero-order valence-electron chi connectivity index (χ0n) is 12.4. The lowest BCUT2D eigenvalue weighted by Gasteiger charge is -2.12. The number of thioether (sulfide) groups is 1. The molecule has 2 aromatic rings. The van der Waals surface area contributed by atoms with E-state index in [4.69, 9.17) is 0 Å². The monoisotopic (exact) mass is 306 g/mol. The average molecular weight is 306 g/mol. The predicted molar refractivity (Wildman–Crippen MR) is 87.0 cm³/mol. The van der Waals surface area contributed by atoms with Crippen molar-refractivity contribution in [2.45, 2.75) is 25.4 Å². The van der Waals surface area contributed by atoms with Crippen LogP contribution in [-0.2, 0) is 0 Å². The molecule has 0 unspecified atom stereocenters. The summed E-state index contributed by atoms with van der Waals surface area (Å²) in [6.45, 7) is 4.82. The third-order valence-electron chi connectivity index (χ3n) is 2.90. The predicted octanol–water partition coefficient (Wildman–Crippen LogP) is 4.21. The van der Waals surface area contributed by atoms with E-state index >= 15 is 0 Å². The Morgan fingerprint density at radius 2 is 1.95 bits per heavy atom. The van der Waals surface area contributed by atoms with Crippen LogP contribution in [0.25, 0.3) is 0 Å². The lowest BCUT2D eigenvalue weighted by Crippen LogP contribution is -2.05. The van der Waals surface area contributed by atoms with Crippen LogP contribution in [-0.4, -0.2) is 22.8 Å². The molecule has 2 rings (SSSR count). The molecule has 0 aliphatic heterocycles. The number of aromatic nitrogens is 2. The summed E-state index contributed by atoms with van der Waals surface area (Å²) in [5.41, 5.74) is 1.67. The third-order valence-corrected chi connectivity index (χ3v) is 3.44. The molecule has 21 heavy (non-hydrogen) atoms. The van der Waals surface area contributed by atoms with Crippen molar-refractivity contribution >= 4 is 29.1 Å². The molecule has 0 radical (unpaired) electrons. The summed E-state index contributed by atoms with van der Waals surface area (Å²) in [7, 11) is 0. The van der Waals surface area contributed by atoms with Crippen molar-refractivity contribution in [3.8, 4) is 0 Å². The molecule has 0 fully saturated rings. The molecule has 112 valence electrons. The molecular formula is C15H19FN4S. The van der Waals surface area contributed by atoms with E-state index in [1.54, 1.807) is 6.07 Å². The molecule has 0 saturated heterocycles. The summed E-state index contributed by atoms with van der Waals surface area (Å²) in [6.07, 6.45) is 2.96. The van der Waals surface area contributed by atoms with E-state index in [0.29, 0.717) is 11.0 Å². The van der Waals surface area contributed by atoms with E-state index in [0.717, 1.165) is 30.0 Å². The SMILES string of the molecule is CCCNc1cc(Nc2ccc(F)cc2C)nc(SC)n1. The first kappa shape index (κ1) is 15.6. The fourth-order valence-electron chi connectivity index (χ4n) is 1.83. The van der Waals surface area contributed by atoms with Crippen LogP contribution in [0.5, 0.6) is 0 Å². The van der Waals surface area contributed by atoms with Gasteiger partial charge in [-0.2, -0.15) is 0 Å². The number of nitrogens with one attached hydrogen (secondary N) is 2. The quantitative estimate of drug-likeness (QED) is 0.618. The van der Waals surface area contributed by atoms with Crippen LogP contribution in [0.2, 0.25) is 0 Å². The Kier molecular flexibility index (Phi) is 5.38. The van der Waals surface area contributed by atoms with Gasteiger partial charge in [0.25, 0.3) is 0 Å². The zero-order chi connectivity index (χ0) is 15.2. The maximum atomic E-state index is 13.1. The van der Waals surface area contributed by atoms with Crippen molar-refractivity contribution in [2.24, 2.45) is 0 Å². The Morgan fingerprint density at radius 1 is 1.19 bits per heavy atom. The molecule has 0 aliphatic rings. The van der Waals surface area contributed by atoms with E-state index in [9.17, 15) is 4.39 Å². The zero-order valence-corrected chi connectivity index (χ0v) is 13.2. The first-order valence-corrected chi connectivity index (χ1v) is 8.05. The van der Waals surface area contributed by atoms with Crippen molar-refractivity contribution in [1.82, 2.24) is 9.97 Å². The van der Waals surface area contributed by atoms with E-state index < -0.39 is 0 Å². The van der Waals surface area contributed by atoms with Gasteiger partial charge in [0.1, 0.15) is 17.5 Å². The third kappa shape index (κ3) is 4.32. The number of aryl methyl sites for hydroxylation is 1. The number of nitrogens with zero attached hydrogens (tertiary/aromatic N) is 2. The van der Waals surface area contributed by atoms with Gasteiger partial charge in [-0.3, -0.25) is 0 Å². The van der Waals surface area contributed by atoms with Gasteiger partial charge >= 0.3 is 0 Å². The summed E-state index contributed by atoms with van der Waals surface area (Å²) in [4.78, 5) is 8.83. The molecule has 0 spiro atoms. The highest BCUT2D eigenvalue weighted by atomic mass is 32.2. The lowest BCUT2D eigenvalue weighted by molar-refractivity contribution is 0.627. The topological polar surface area (TPSA) is 49.8 Å². The molecule has 0 bridgehead atoms. The number of halogens is 1. The Hall–Kier alpha value is -1.82. The Labute approximate surface area is 128 Å². The minimum atomic E-state index is -0.240.